The Morgan fingerprint density at radius 3 is 2.94 bits per heavy atom. The lowest BCUT2D eigenvalue weighted by Gasteiger charge is -2.29. The summed E-state index contributed by atoms with van der Waals surface area (Å²) in [6.07, 6.45) is 3.47. The van der Waals surface area contributed by atoms with Crippen LogP contribution in [0.4, 0.5) is 0 Å². The molecule has 2 rings (SSSR count). The first-order valence-electron chi connectivity index (χ1n) is 5.43. The Morgan fingerprint density at radius 1 is 1.56 bits per heavy atom. The van der Waals surface area contributed by atoms with Crippen LogP contribution in [0.25, 0.3) is 0 Å². The summed E-state index contributed by atoms with van der Waals surface area (Å²) in [5, 5.41) is 3.96. The van der Waals surface area contributed by atoms with Gasteiger partial charge in [-0.05, 0) is 6.92 Å². The van der Waals surface area contributed by atoms with E-state index >= 15 is 0 Å². The molecule has 88 valence electrons. The lowest BCUT2D eigenvalue weighted by atomic mass is 10.3. The summed E-state index contributed by atoms with van der Waals surface area (Å²) in [5.41, 5.74) is 0. The van der Waals surface area contributed by atoms with Gasteiger partial charge in [0.2, 0.25) is 5.91 Å². The molecule has 16 heavy (non-hydrogen) atoms. The van der Waals surface area contributed by atoms with Crippen molar-refractivity contribution in [2.45, 2.75) is 17.3 Å². The number of hydrogen-bond donors (Lipinski definition) is 2. The number of piperazine rings is 1. The van der Waals surface area contributed by atoms with Gasteiger partial charge in [-0.1, -0.05) is 11.8 Å². The first kappa shape index (κ1) is 11.5. The minimum absolute atomic E-state index is 0.0794. The topological polar surface area (TPSA) is 61.0 Å². The molecule has 1 saturated heterocycles. The number of carbonyl (C=O) groups excluding carboxylic acids is 1. The summed E-state index contributed by atoms with van der Waals surface area (Å²) in [7, 11) is 0. The molecule has 0 saturated carbocycles. The molecule has 1 unspecified atom stereocenters. The zero-order chi connectivity index (χ0) is 11.4. The maximum atomic E-state index is 12.1. The van der Waals surface area contributed by atoms with Gasteiger partial charge in [-0.15, -0.1) is 0 Å². The van der Waals surface area contributed by atoms with Gasteiger partial charge in [0.25, 0.3) is 0 Å². The Hall–Kier alpha value is -1.01. The second-order valence-corrected chi connectivity index (χ2v) is 5.06. The van der Waals surface area contributed by atoms with E-state index in [2.05, 4.69) is 15.3 Å². The predicted molar refractivity (Wildman–Crippen MR) is 63.4 cm³/mol. The molecular formula is C10H16N4OS. The molecule has 1 aromatic rings. The Kier molecular flexibility index (Phi) is 3.84. The number of imidazole rings is 1. The fourth-order valence-corrected chi connectivity index (χ4v) is 2.52. The second-order valence-electron chi connectivity index (χ2n) is 3.73. The lowest BCUT2D eigenvalue weighted by Crippen LogP contribution is -2.48. The molecule has 0 aliphatic carbocycles. The van der Waals surface area contributed by atoms with Crippen LogP contribution >= 0.6 is 11.8 Å². The molecule has 2 heterocycles. The molecular weight excluding hydrogens is 224 g/mol. The number of rotatable bonds is 3. The van der Waals surface area contributed by atoms with Crippen molar-refractivity contribution in [3.63, 3.8) is 0 Å². The highest BCUT2D eigenvalue weighted by molar-refractivity contribution is 8.00. The number of thioether (sulfide) groups is 1. The predicted octanol–water partition coefficient (Wildman–Crippen LogP) is 0.322. The normalized spacial score (nSPS) is 18.4. The van der Waals surface area contributed by atoms with Crippen molar-refractivity contribution < 1.29 is 4.79 Å². The number of H-pyrrole nitrogens is 1. The molecule has 6 heteroatoms. The number of aromatic nitrogens is 2. The van der Waals surface area contributed by atoms with Crippen LogP contribution in [0, 0.1) is 0 Å². The standard InChI is InChI=1S/C10H16N4OS/c1-8(16-10-12-2-3-13-10)9(15)14-6-4-11-5-7-14/h2-3,8,11H,4-7H2,1H3,(H,12,13). The van der Waals surface area contributed by atoms with Crippen LogP contribution in [0.3, 0.4) is 0 Å². The monoisotopic (exact) mass is 240 g/mol. The Bertz CT molecular complexity index is 335. The third-order valence-electron chi connectivity index (χ3n) is 2.54. The van der Waals surface area contributed by atoms with E-state index in [1.165, 1.54) is 11.8 Å². The average Bonchev–Trinajstić information content (AvgIpc) is 2.82. The number of amides is 1. The van der Waals surface area contributed by atoms with E-state index in [1.54, 1.807) is 12.4 Å². The maximum absolute atomic E-state index is 12.1. The number of nitrogens with one attached hydrogen (secondary N) is 2. The molecule has 0 bridgehead atoms. The van der Waals surface area contributed by atoms with Crippen molar-refractivity contribution >= 4 is 17.7 Å². The summed E-state index contributed by atoms with van der Waals surface area (Å²) in [6, 6.07) is 0. The van der Waals surface area contributed by atoms with E-state index < -0.39 is 0 Å². The van der Waals surface area contributed by atoms with Crippen LogP contribution in [0.1, 0.15) is 6.92 Å². The number of nitrogens with zero attached hydrogens (tertiary/aromatic N) is 2. The summed E-state index contributed by atoms with van der Waals surface area (Å²) in [6.45, 7) is 5.33. The molecule has 1 atom stereocenters. The highest BCUT2D eigenvalue weighted by Crippen LogP contribution is 2.20. The van der Waals surface area contributed by atoms with Crippen molar-refractivity contribution in [2.75, 3.05) is 26.2 Å². The van der Waals surface area contributed by atoms with Gasteiger partial charge in [-0.3, -0.25) is 4.79 Å². The third-order valence-corrected chi connectivity index (χ3v) is 3.54. The van der Waals surface area contributed by atoms with Gasteiger partial charge in [0, 0.05) is 38.6 Å². The SMILES string of the molecule is CC(Sc1ncc[nH]1)C(=O)N1CCNCC1. The molecule has 1 amide bonds. The average molecular weight is 240 g/mol. The first-order valence-corrected chi connectivity index (χ1v) is 6.31. The van der Waals surface area contributed by atoms with E-state index in [4.69, 9.17) is 0 Å². The molecule has 5 nitrogen and oxygen atoms in total. The van der Waals surface area contributed by atoms with Crippen LogP contribution in [-0.2, 0) is 4.79 Å². The molecule has 1 fully saturated rings. The largest absolute Gasteiger partial charge is 0.340 e. The van der Waals surface area contributed by atoms with E-state index in [1.807, 2.05) is 11.8 Å². The minimum atomic E-state index is -0.0794. The van der Waals surface area contributed by atoms with Crippen LogP contribution < -0.4 is 5.32 Å². The molecule has 0 spiro atoms. The summed E-state index contributed by atoms with van der Waals surface area (Å²) < 4.78 is 0. The van der Waals surface area contributed by atoms with Crippen LogP contribution in [0.2, 0.25) is 0 Å². The van der Waals surface area contributed by atoms with Gasteiger partial charge in [0.15, 0.2) is 5.16 Å². The Labute approximate surface area is 99.0 Å². The van der Waals surface area contributed by atoms with Crippen LogP contribution in [-0.4, -0.2) is 52.2 Å². The van der Waals surface area contributed by atoms with E-state index in [9.17, 15) is 4.79 Å². The van der Waals surface area contributed by atoms with Gasteiger partial charge < -0.3 is 15.2 Å². The van der Waals surface area contributed by atoms with E-state index in [0.29, 0.717) is 0 Å². The Morgan fingerprint density at radius 2 is 2.31 bits per heavy atom. The zero-order valence-electron chi connectivity index (χ0n) is 9.27. The highest BCUT2D eigenvalue weighted by atomic mass is 32.2. The molecule has 1 aliphatic rings. The third kappa shape index (κ3) is 2.76. The number of hydrogen-bond acceptors (Lipinski definition) is 4. The molecule has 2 N–H and O–H groups in total. The van der Waals surface area contributed by atoms with Gasteiger partial charge >= 0.3 is 0 Å². The van der Waals surface area contributed by atoms with E-state index in [-0.39, 0.29) is 11.2 Å². The van der Waals surface area contributed by atoms with Crippen LogP contribution in [0.5, 0.6) is 0 Å². The number of carbonyl (C=O) groups is 1. The van der Waals surface area contributed by atoms with Gasteiger partial charge in [0.05, 0.1) is 5.25 Å². The molecule has 1 aliphatic heterocycles. The smallest absolute Gasteiger partial charge is 0.235 e. The summed E-state index contributed by atoms with van der Waals surface area (Å²) in [5.74, 6) is 0.197. The lowest BCUT2D eigenvalue weighted by molar-refractivity contribution is -0.130. The fourth-order valence-electron chi connectivity index (χ4n) is 1.68. The van der Waals surface area contributed by atoms with Crippen molar-refractivity contribution in [1.29, 1.82) is 0 Å². The van der Waals surface area contributed by atoms with Crippen molar-refractivity contribution in [2.24, 2.45) is 0 Å². The highest BCUT2D eigenvalue weighted by Gasteiger charge is 2.23. The fraction of sp³-hybridized carbons (Fsp3) is 0.600. The molecule has 0 aromatic carbocycles. The first-order chi connectivity index (χ1) is 7.77. The maximum Gasteiger partial charge on any atom is 0.235 e. The van der Waals surface area contributed by atoms with Crippen molar-refractivity contribution in [3.8, 4) is 0 Å². The van der Waals surface area contributed by atoms with Gasteiger partial charge in [-0.2, -0.15) is 0 Å². The summed E-state index contributed by atoms with van der Waals surface area (Å²) >= 11 is 1.47. The minimum Gasteiger partial charge on any atom is -0.340 e. The Balaban J connectivity index is 1.88. The number of aromatic amines is 1. The van der Waals surface area contributed by atoms with Gasteiger partial charge in [0.1, 0.15) is 0 Å². The van der Waals surface area contributed by atoms with Crippen molar-refractivity contribution in [1.82, 2.24) is 20.2 Å². The summed E-state index contributed by atoms with van der Waals surface area (Å²) in [4.78, 5) is 21.1. The quantitative estimate of drug-likeness (QED) is 0.747. The zero-order valence-corrected chi connectivity index (χ0v) is 10.1. The van der Waals surface area contributed by atoms with Gasteiger partial charge in [-0.25, -0.2) is 4.98 Å². The van der Waals surface area contributed by atoms with Crippen LogP contribution in [0.15, 0.2) is 17.6 Å². The molecule has 0 radical (unpaired) electrons. The van der Waals surface area contributed by atoms with Crippen molar-refractivity contribution in [3.05, 3.63) is 12.4 Å². The molecule has 1 aromatic heterocycles. The second kappa shape index (κ2) is 5.36. The van der Waals surface area contributed by atoms with E-state index in [0.717, 1.165) is 31.3 Å².